The van der Waals surface area contributed by atoms with Crippen molar-refractivity contribution in [1.82, 2.24) is 0 Å². The molecule has 0 saturated carbocycles. The van der Waals surface area contributed by atoms with Crippen molar-refractivity contribution < 1.29 is 56.6 Å². The topological polar surface area (TPSA) is 14.1 Å². The first-order valence-corrected chi connectivity index (χ1v) is 6.71. The molecule has 21 heavy (non-hydrogen) atoms. The minimum atomic E-state index is 0. The molecular weight excluding hydrogens is 239 g/mol. The fourth-order valence-electron chi connectivity index (χ4n) is 2.08. The Balaban J connectivity index is 0. The molecule has 96 valence electrons. The van der Waals surface area contributed by atoms with Crippen molar-refractivity contribution in [2.24, 2.45) is 5.92 Å². The van der Waals surface area contributed by atoms with Gasteiger partial charge in [0.2, 0.25) is 0 Å². The second-order valence-electron chi connectivity index (χ2n) is 4.76. The first kappa shape index (κ1) is 23.6. The van der Waals surface area contributed by atoms with Crippen LogP contribution in [0.4, 0.5) is 5.69 Å². The van der Waals surface area contributed by atoms with E-state index >= 15 is 0 Å². The number of hydrogen-bond acceptors (Lipinski definition) is 0. The molecule has 0 heterocycles. The molecule has 0 aromatic heterocycles. The van der Waals surface area contributed by atoms with Crippen LogP contribution in [0.5, 0.6) is 0 Å². The smallest absolute Gasteiger partial charge is 0.730 e. The maximum absolute atomic E-state index is 4.69. The van der Waals surface area contributed by atoms with Gasteiger partial charge in [0, 0.05) is 0 Å². The second-order valence-corrected chi connectivity index (χ2v) is 4.76. The van der Waals surface area contributed by atoms with E-state index in [0.29, 0.717) is 5.92 Å². The number of fused-ring (bicyclic) bond motifs is 1. The summed E-state index contributed by atoms with van der Waals surface area (Å²) in [6, 6.07) is 15.5. The Labute approximate surface area is 165 Å². The van der Waals surface area contributed by atoms with Crippen LogP contribution in [0.15, 0.2) is 36.4 Å². The SMILES string of the molecule is [CH2-]C(CCCC)C[N-]c1cccc2ccc[c-]c12.[Li+].[Li+].[Li+]. The second kappa shape index (κ2) is 12.8. The monoisotopic (exact) mass is 259 g/mol. The quantitative estimate of drug-likeness (QED) is 0.374. The summed E-state index contributed by atoms with van der Waals surface area (Å²) in [6.45, 7) is 7.19. The van der Waals surface area contributed by atoms with Crippen LogP contribution in [0.25, 0.3) is 16.1 Å². The predicted molar refractivity (Wildman–Crippen MR) is 79.0 cm³/mol. The number of nitrogens with zero attached hydrogens (tertiary/aromatic N) is 1. The Morgan fingerprint density at radius 2 is 1.86 bits per heavy atom. The van der Waals surface area contributed by atoms with Gasteiger partial charge in [-0.25, -0.2) is 5.69 Å². The fourth-order valence-corrected chi connectivity index (χ4v) is 2.08. The summed E-state index contributed by atoms with van der Waals surface area (Å²) < 4.78 is 0. The van der Waals surface area contributed by atoms with Crippen molar-refractivity contribution in [3.8, 4) is 0 Å². The Morgan fingerprint density at radius 1 is 1.14 bits per heavy atom. The first-order valence-electron chi connectivity index (χ1n) is 6.71. The molecule has 1 unspecified atom stereocenters. The van der Waals surface area contributed by atoms with E-state index in [1.165, 1.54) is 18.2 Å². The van der Waals surface area contributed by atoms with Crippen LogP contribution in [0.2, 0.25) is 0 Å². The van der Waals surface area contributed by atoms with Gasteiger partial charge in [0.1, 0.15) is 0 Å². The zero-order chi connectivity index (χ0) is 12.8. The predicted octanol–water partition coefficient (Wildman–Crippen LogP) is -3.70. The third-order valence-electron chi connectivity index (χ3n) is 3.16. The number of benzene rings is 2. The van der Waals surface area contributed by atoms with Gasteiger partial charge in [0.15, 0.2) is 0 Å². The van der Waals surface area contributed by atoms with Gasteiger partial charge in [0.25, 0.3) is 0 Å². The van der Waals surface area contributed by atoms with Gasteiger partial charge in [-0.2, -0.15) is 17.8 Å². The molecule has 0 bridgehead atoms. The first-order chi connectivity index (χ1) is 8.81. The summed E-state index contributed by atoms with van der Waals surface area (Å²) in [5.74, 6) is 0.420. The van der Waals surface area contributed by atoms with Crippen LogP contribution >= 0.6 is 0 Å². The molecule has 0 fully saturated rings. The minimum absolute atomic E-state index is 0. The van der Waals surface area contributed by atoms with E-state index in [9.17, 15) is 0 Å². The average Bonchev–Trinajstić information content (AvgIpc) is 2.42. The molecule has 0 aliphatic rings. The Bertz CT molecular complexity index is 497. The molecule has 0 aliphatic carbocycles. The van der Waals surface area contributed by atoms with E-state index in [-0.39, 0.29) is 56.6 Å². The molecule has 0 saturated heterocycles. The maximum atomic E-state index is 4.69. The van der Waals surface area contributed by atoms with Gasteiger partial charge in [-0.05, 0) is 0 Å². The summed E-state index contributed by atoms with van der Waals surface area (Å²) >= 11 is 0. The van der Waals surface area contributed by atoms with Gasteiger partial charge < -0.3 is 12.2 Å². The molecule has 2 aromatic rings. The van der Waals surface area contributed by atoms with E-state index in [4.69, 9.17) is 5.32 Å². The van der Waals surface area contributed by atoms with Crippen molar-refractivity contribution in [3.63, 3.8) is 0 Å². The van der Waals surface area contributed by atoms with Gasteiger partial charge in [-0.1, -0.05) is 38.3 Å². The number of hydrogen-bond donors (Lipinski definition) is 0. The van der Waals surface area contributed by atoms with Crippen molar-refractivity contribution in [2.45, 2.75) is 26.2 Å². The molecule has 0 amide bonds. The largest absolute Gasteiger partial charge is 1.00 e. The standard InChI is InChI=1S/C17H20N.3Li/c1-3-4-8-14(2)13-18-17-12-7-10-15-9-5-6-11-16(15)17;;;/h5-7,9-10,12,14H,2-4,8,13H2,1H3;;;/q-3;3*+1. The number of unbranched alkanes of at least 4 members (excludes halogenated alkanes) is 1. The van der Waals surface area contributed by atoms with Crippen molar-refractivity contribution in [2.75, 3.05) is 6.54 Å². The molecule has 0 spiro atoms. The van der Waals surface area contributed by atoms with E-state index in [2.05, 4.69) is 44.2 Å². The zero-order valence-corrected chi connectivity index (χ0v) is 14.0. The van der Waals surface area contributed by atoms with Crippen LogP contribution in [0.1, 0.15) is 26.2 Å². The Hall–Kier alpha value is 0.292. The summed E-state index contributed by atoms with van der Waals surface area (Å²) in [5, 5.41) is 7.01. The Kier molecular flexibility index (Phi) is 14.4. The molecule has 0 N–H and O–H groups in total. The van der Waals surface area contributed by atoms with E-state index in [0.717, 1.165) is 24.0 Å². The molecule has 4 heteroatoms. The van der Waals surface area contributed by atoms with Crippen LogP contribution in [-0.4, -0.2) is 6.54 Å². The van der Waals surface area contributed by atoms with Crippen molar-refractivity contribution in [3.05, 3.63) is 54.7 Å². The maximum Gasteiger partial charge on any atom is 1.00 e. The number of rotatable bonds is 6. The molecule has 1 nitrogen and oxygen atoms in total. The van der Waals surface area contributed by atoms with Gasteiger partial charge in [0.05, 0.1) is 0 Å². The summed E-state index contributed by atoms with van der Waals surface area (Å²) in [4.78, 5) is 0. The summed E-state index contributed by atoms with van der Waals surface area (Å²) in [7, 11) is 0. The molecular formula is C17H20Li3N. The molecule has 2 aromatic carbocycles. The van der Waals surface area contributed by atoms with Gasteiger partial charge >= 0.3 is 56.6 Å². The molecule has 1 atom stereocenters. The molecule has 2 rings (SSSR count). The van der Waals surface area contributed by atoms with Gasteiger partial charge in [-0.15, -0.1) is 35.7 Å². The molecule has 0 radical (unpaired) electrons. The van der Waals surface area contributed by atoms with Crippen LogP contribution < -0.4 is 56.6 Å². The van der Waals surface area contributed by atoms with E-state index in [1.54, 1.807) is 0 Å². The normalized spacial score (nSPS) is 10.8. The van der Waals surface area contributed by atoms with Crippen LogP contribution in [0, 0.1) is 18.9 Å². The van der Waals surface area contributed by atoms with Crippen molar-refractivity contribution in [1.29, 1.82) is 0 Å². The Morgan fingerprint density at radius 3 is 2.57 bits per heavy atom. The summed E-state index contributed by atoms with van der Waals surface area (Å²) in [6.07, 6.45) is 3.63. The third-order valence-corrected chi connectivity index (χ3v) is 3.16. The molecule has 0 aliphatic heterocycles. The fraction of sp³-hybridized carbons (Fsp3) is 0.353. The van der Waals surface area contributed by atoms with Gasteiger partial charge in [-0.3, -0.25) is 0 Å². The minimum Gasteiger partial charge on any atom is -0.730 e. The van der Waals surface area contributed by atoms with Crippen LogP contribution in [-0.2, 0) is 0 Å². The van der Waals surface area contributed by atoms with Crippen LogP contribution in [0.3, 0.4) is 0 Å². The van der Waals surface area contributed by atoms with Crippen molar-refractivity contribution >= 4 is 16.5 Å². The summed E-state index contributed by atoms with van der Waals surface area (Å²) in [5.41, 5.74) is 1.04. The average molecular weight is 259 g/mol. The van der Waals surface area contributed by atoms with E-state index < -0.39 is 0 Å². The zero-order valence-electron chi connectivity index (χ0n) is 14.0. The van der Waals surface area contributed by atoms with E-state index in [1.807, 2.05) is 12.1 Å². The third kappa shape index (κ3) is 7.40.